The predicted molar refractivity (Wildman–Crippen MR) is 262 cm³/mol. The molecule has 0 spiro atoms. The van der Waals surface area contributed by atoms with Gasteiger partial charge in [0.1, 0.15) is 23.4 Å². The molecule has 19 heteroatoms. The number of benzene rings is 2. The van der Waals surface area contributed by atoms with Crippen molar-refractivity contribution in [1.29, 1.82) is 0 Å². The maximum absolute atomic E-state index is 14.0. The molecule has 368 valence electrons. The van der Waals surface area contributed by atoms with Crippen LogP contribution >= 0.6 is 21.6 Å². The van der Waals surface area contributed by atoms with Crippen LogP contribution in [0.4, 0.5) is 26.7 Å². The summed E-state index contributed by atoms with van der Waals surface area (Å²) in [5.74, 6) is -0.262. The minimum absolute atomic E-state index is 0.0212. The van der Waals surface area contributed by atoms with Crippen molar-refractivity contribution in [3.63, 3.8) is 0 Å². The van der Waals surface area contributed by atoms with Crippen molar-refractivity contribution >= 4 is 62.4 Å². The number of ketones is 2. The molecule has 17 nitrogen and oxygen atoms in total. The second kappa shape index (κ2) is 24.5. The first-order valence-corrected chi connectivity index (χ1v) is 24.6. The first-order chi connectivity index (χ1) is 32.3. The van der Waals surface area contributed by atoms with Gasteiger partial charge in [0.25, 0.3) is 5.69 Å². The zero-order valence-corrected chi connectivity index (χ0v) is 41.3. The minimum atomic E-state index is -0.792. The lowest BCUT2D eigenvalue weighted by atomic mass is 9.88. The van der Waals surface area contributed by atoms with Crippen molar-refractivity contribution in [3.05, 3.63) is 88.1 Å². The van der Waals surface area contributed by atoms with Gasteiger partial charge in [0.15, 0.2) is 34.6 Å². The van der Waals surface area contributed by atoms with Crippen molar-refractivity contribution in [1.82, 2.24) is 4.98 Å². The molecule has 0 bridgehead atoms. The first-order valence-electron chi connectivity index (χ1n) is 22.4. The Morgan fingerprint density at radius 3 is 1.90 bits per heavy atom. The average molecular weight is 979 g/mol. The lowest BCUT2D eigenvalue weighted by Crippen LogP contribution is -2.28. The highest BCUT2D eigenvalue weighted by Gasteiger charge is 2.37. The van der Waals surface area contributed by atoms with Crippen LogP contribution in [0, 0.1) is 33.8 Å². The summed E-state index contributed by atoms with van der Waals surface area (Å²) in [7, 11) is 5.61. The molecule has 1 aromatic heterocycles. The van der Waals surface area contributed by atoms with E-state index in [-0.39, 0.29) is 89.2 Å². The Morgan fingerprint density at radius 1 is 0.838 bits per heavy atom. The van der Waals surface area contributed by atoms with Gasteiger partial charge in [0, 0.05) is 53.0 Å². The van der Waals surface area contributed by atoms with Gasteiger partial charge >= 0.3 is 12.2 Å². The number of nitrogens with zero attached hydrogens (tertiary/aromatic N) is 2. The van der Waals surface area contributed by atoms with Crippen molar-refractivity contribution in [2.45, 2.75) is 95.4 Å². The largest absolute Gasteiger partial charge is 0.493 e. The van der Waals surface area contributed by atoms with Gasteiger partial charge in [-0.2, -0.15) is 0 Å². The summed E-state index contributed by atoms with van der Waals surface area (Å²) in [5.41, 5.74) is 1.83. The summed E-state index contributed by atoms with van der Waals surface area (Å²) in [6, 6.07) is 9.15. The normalized spacial score (nSPS) is 18.4. The molecule has 2 aromatic carbocycles. The Balaban J connectivity index is 1.21. The maximum atomic E-state index is 14.0. The molecule has 2 aliphatic rings. The number of rotatable bonds is 23. The van der Waals surface area contributed by atoms with Gasteiger partial charge in [0.05, 0.1) is 43.7 Å². The number of ether oxygens (including phenoxy) is 6. The number of hydrogen-bond acceptors (Lipinski definition) is 16. The van der Waals surface area contributed by atoms with Gasteiger partial charge in [-0.3, -0.25) is 30.3 Å². The standard InChI is InChI=1S/C49H62N4O13S2/c1-28-17-30(3)34(19-28)45(55)36-21-40(61-8)42(23-38(36)51-47(57)65-27-31(4)67-68-44-14-13-33(25-50-44)53(59)60)63-15-11-10-12-16-64-43-24-39(52-48(58)66-49(5,6)7)37(22-41(43)62-9)46(56)35-20-29(2)18-32(35)26-54/h13-14,21-25,30-32,34-35,54H,1-2,10-12,15-20,26-27H2,3-9H3,(H,51,57)(H,52,58)/t30-,31+,32+,34?,35?/m1/s1. The Hall–Kier alpha value is -5.79. The second-order valence-electron chi connectivity index (χ2n) is 18.0. The van der Waals surface area contributed by atoms with E-state index in [0.29, 0.717) is 66.5 Å². The van der Waals surface area contributed by atoms with Crippen LogP contribution < -0.4 is 29.6 Å². The summed E-state index contributed by atoms with van der Waals surface area (Å²) >= 11 is 0. The molecule has 2 aliphatic carbocycles. The van der Waals surface area contributed by atoms with Crippen molar-refractivity contribution < 1.29 is 57.6 Å². The highest BCUT2D eigenvalue weighted by atomic mass is 33.1. The van der Waals surface area contributed by atoms with Crippen LogP contribution in [0.1, 0.15) is 100 Å². The second-order valence-corrected chi connectivity index (χ2v) is 20.6. The van der Waals surface area contributed by atoms with Crippen LogP contribution in [0.25, 0.3) is 0 Å². The maximum Gasteiger partial charge on any atom is 0.412 e. The van der Waals surface area contributed by atoms with E-state index < -0.39 is 28.6 Å². The minimum Gasteiger partial charge on any atom is -0.493 e. The van der Waals surface area contributed by atoms with Crippen LogP contribution in [0.3, 0.4) is 0 Å². The number of anilines is 2. The molecule has 0 aliphatic heterocycles. The summed E-state index contributed by atoms with van der Waals surface area (Å²) in [6.45, 7) is 17.6. The molecule has 5 atom stereocenters. The molecule has 3 N–H and O–H groups in total. The predicted octanol–water partition coefficient (Wildman–Crippen LogP) is 10.9. The number of nitro groups is 1. The van der Waals surface area contributed by atoms with Crippen molar-refractivity contribution in [2.24, 2.45) is 23.7 Å². The van der Waals surface area contributed by atoms with Crippen LogP contribution in [-0.4, -0.2) is 90.3 Å². The van der Waals surface area contributed by atoms with Crippen molar-refractivity contribution in [3.8, 4) is 23.0 Å². The number of carbonyl (C=O) groups excluding carboxylic acids is 4. The monoisotopic (exact) mass is 978 g/mol. The van der Waals surface area contributed by atoms with Crippen LogP contribution in [0.15, 0.2) is 71.9 Å². The molecule has 2 amide bonds. The van der Waals surface area contributed by atoms with Gasteiger partial charge < -0.3 is 33.5 Å². The Bertz CT molecular complexity index is 2340. The van der Waals surface area contributed by atoms with E-state index in [9.17, 15) is 34.4 Å². The molecule has 2 saturated carbocycles. The summed E-state index contributed by atoms with van der Waals surface area (Å²) < 4.78 is 34.7. The number of allylic oxidation sites excluding steroid dienone is 2. The number of aliphatic hydroxyl groups excluding tert-OH is 1. The number of amides is 2. The molecule has 1 heterocycles. The lowest BCUT2D eigenvalue weighted by molar-refractivity contribution is -0.385. The molecule has 3 aromatic rings. The number of methoxy groups -OCH3 is 2. The number of carbonyl (C=O) groups is 4. The fourth-order valence-corrected chi connectivity index (χ4v) is 9.84. The Morgan fingerprint density at radius 2 is 1.40 bits per heavy atom. The SMILES string of the molecule is C=C1CC(C(=O)c2cc(OC)c(OCCCCCOc3cc(NC(=O)OC[C@H](C)SSc4ccc([N+](=O)[O-])cn4)c(C(=O)C4CC(=C)C[C@H]4C)cc3OC)cc2NC(=O)OC(C)(C)C)[C@H](CO)C1. The first kappa shape index (κ1) is 53.2. The van der Waals surface area contributed by atoms with E-state index >= 15 is 0 Å². The third-order valence-electron chi connectivity index (χ3n) is 11.3. The summed E-state index contributed by atoms with van der Waals surface area (Å²) in [6.07, 6.45) is 3.75. The zero-order chi connectivity index (χ0) is 49.7. The van der Waals surface area contributed by atoms with Gasteiger partial charge in [-0.15, -0.1) is 0 Å². The van der Waals surface area contributed by atoms with E-state index in [0.717, 1.165) is 17.6 Å². The topological polar surface area (TPSA) is 224 Å². The third-order valence-corrected chi connectivity index (χ3v) is 14.1. The van der Waals surface area contributed by atoms with Crippen LogP contribution in [0.5, 0.6) is 23.0 Å². The van der Waals surface area contributed by atoms with E-state index in [4.69, 9.17) is 28.4 Å². The molecule has 5 rings (SSSR count). The highest BCUT2D eigenvalue weighted by Crippen LogP contribution is 2.43. The zero-order valence-electron chi connectivity index (χ0n) is 39.7. The van der Waals surface area contributed by atoms with E-state index in [1.54, 1.807) is 45.0 Å². The number of pyridine rings is 1. The average Bonchev–Trinajstić information content (AvgIpc) is 3.85. The van der Waals surface area contributed by atoms with Gasteiger partial charge in [-0.25, -0.2) is 14.6 Å². The number of aliphatic hydroxyl groups is 1. The molecule has 2 fully saturated rings. The summed E-state index contributed by atoms with van der Waals surface area (Å²) in [4.78, 5) is 68.7. The Labute approximate surface area is 405 Å². The number of nitrogens with one attached hydrogen (secondary N) is 2. The van der Waals surface area contributed by atoms with Gasteiger partial charge in [-0.1, -0.05) is 42.0 Å². The van der Waals surface area contributed by atoms with E-state index in [1.807, 2.05) is 13.8 Å². The van der Waals surface area contributed by atoms with Crippen LogP contribution in [-0.2, 0) is 9.47 Å². The van der Waals surface area contributed by atoms with E-state index in [1.165, 1.54) is 54.1 Å². The Kier molecular flexibility index (Phi) is 19.1. The molecule has 0 saturated heterocycles. The quantitative estimate of drug-likeness (QED) is 0.0201. The molecule has 68 heavy (non-hydrogen) atoms. The smallest absolute Gasteiger partial charge is 0.412 e. The summed E-state index contributed by atoms with van der Waals surface area (Å²) in [5, 5.41) is 26.8. The third kappa shape index (κ3) is 14.9. The molecule has 0 radical (unpaired) electrons. The fraction of sp³-hybridized carbons (Fsp3) is 0.490. The van der Waals surface area contributed by atoms with Crippen molar-refractivity contribution in [2.75, 3.05) is 51.3 Å². The fourth-order valence-electron chi connectivity index (χ4n) is 7.98. The number of Topliss-reactive ketones (excluding diaryl/α,β-unsaturated/α-hetero) is 2. The molecular weight excluding hydrogens is 917 g/mol. The molecular formula is C49H62N4O13S2. The highest BCUT2D eigenvalue weighted by molar-refractivity contribution is 8.76. The van der Waals surface area contributed by atoms with Gasteiger partial charge in [0.2, 0.25) is 0 Å². The van der Waals surface area contributed by atoms with Crippen LogP contribution in [0.2, 0.25) is 0 Å². The van der Waals surface area contributed by atoms with Gasteiger partial charge in [-0.05, 0) is 113 Å². The van der Waals surface area contributed by atoms with E-state index in [2.05, 4.69) is 28.8 Å². The molecule has 2 unspecified atom stereocenters. The lowest BCUT2D eigenvalue weighted by Gasteiger charge is -2.23. The number of aromatic nitrogens is 1. The number of hydrogen-bond donors (Lipinski definition) is 3. The number of unbranched alkanes of at least 4 members (excludes halogenated alkanes) is 2.